The number of carbonyl (C=O) groups excluding carboxylic acids is 1. The first-order valence-corrected chi connectivity index (χ1v) is 7.32. The highest BCUT2D eigenvalue weighted by molar-refractivity contribution is 5.92. The first kappa shape index (κ1) is 12.7. The van der Waals surface area contributed by atoms with Gasteiger partial charge in [0, 0.05) is 12.6 Å². The summed E-state index contributed by atoms with van der Waals surface area (Å²) in [6.45, 7) is 3.72. The van der Waals surface area contributed by atoms with Crippen LogP contribution in [0.5, 0.6) is 0 Å². The van der Waals surface area contributed by atoms with E-state index in [0.717, 1.165) is 31.0 Å². The summed E-state index contributed by atoms with van der Waals surface area (Å²) >= 11 is 0. The molecule has 104 valence electrons. The number of hydrogen-bond acceptors (Lipinski definition) is 3. The number of nitrogens with zero attached hydrogens (tertiary/aromatic N) is 2. The van der Waals surface area contributed by atoms with Crippen LogP contribution in [0.15, 0.2) is 6.07 Å². The monoisotopic (exact) mass is 262 g/mol. The van der Waals surface area contributed by atoms with E-state index in [0.29, 0.717) is 6.04 Å². The van der Waals surface area contributed by atoms with Gasteiger partial charge in [0.15, 0.2) is 0 Å². The maximum atomic E-state index is 12.2. The minimum atomic E-state index is 0.104. The Morgan fingerprint density at radius 2 is 2.21 bits per heavy atom. The number of nitrogens with one attached hydrogen (secondary N) is 2. The molecule has 1 saturated carbocycles. The zero-order valence-electron chi connectivity index (χ0n) is 11.5. The molecule has 0 bridgehead atoms. The fourth-order valence-electron chi connectivity index (χ4n) is 3.14. The summed E-state index contributed by atoms with van der Waals surface area (Å²) < 4.78 is 2.03. The molecule has 2 heterocycles. The van der Waals surface area contributed by atoms with E-state index in [1.807, 2.05) is 17.7 Å². The van der Waals surface area contributed by atoms with E-state index in [2.05, 4.69) is 15.7 Å². The predicted octanol–water partition coefficient (Wildman–Crippen LogP) is 1.85. The molecule has 1 aromatic rings. The van der Waals surface area contributed by atoms with Gasteiger partial charge in [0.1, 0.15) is 5.82 Å². The first-order valence-electron chi connectivity index (χ1n) is 7.32. The van der Waals surface area contributed by atoms with Crippen LogP contribution in [0.2, 0.25) is 0 Å². The highest BCUT2D eigenvalue weighted by Crippen LogP contribution is 2.32. The molecule has 2 N–H and O–H groups in total. The lowest BCUT2D eigenvalue weighted by Gasteiger charge is -2.16. The molecule has 1 unspecified atom stereocenters. The van der Waals surface area contributed by atoms with Crippen molar-refractivity contribution in [2.24, 2.45) is 5.92 Å². The summed E-state index contributed by atoms with van der Waals surface area (Å²) in [7, 11) is 0. The van der Waals surface area contributed by atoms with Gasteiger partial charge in [0.25, 0.3) is 0 Å². The summed E-state index contributed by atoms with van der Waals surface area (Å²) in [6.07, 6.45) is 5.82. The minimum absolute atomic E-state index is 0.104. The molecule has 1 atom stereocenters. The van der Waals surface area contributed by atoms with Crippen LogP contribution in [0, 0.1) is 12.8 Å². The number of aromatic nitrogens is 2. The molecule has 5 nitrogen and oxygen atoms in total. The molecule has 19 heavy (non-hydrogen) atoms. The molecule has 0 radical (unpaired) electrons. The zero-order valence-corrected chi connectivity index (χ0v) is 11.5. The van der Waals surface area contributed by atoms with E-state index >= 15 is 0 Å². The number of amides is 1. The Labute approximate surface area is 113 Å². The van der Waals surface area contributed by atoms with Crippen molar-refractivity contribution < 1.29 is 4.79 Å². The number of carbonyl (C=O) groups is 1. The van der Waals surface area contributed by atoms with Gasteiger partial charge in [-0.1, -0.05) is 12.8 Å². The molecule has 0 spiro atoms. The third-order valence-corrected chi connectivity index (χ3v) is 4.21. The summed E-state index contributed by atoms with van der Waals surface area (Å²) in [5.74, 6) is 1.11. The lowest BCUT2D eigenvalue weighted by Crippen LogP contribution is -2.26. The van der Waals surface area contributed by atoms with Crippen molar-refractivity contribution in [2.45, 2.75) is 45.1 Å². The third-order valence-electron chi connectivity index (χ3n) is 4.21. The number of rotatable bonds is 3. The van der Waals surface area contributed by atoms with Gasteiger partial charge in [-0.2, -0.15) is 5.10 Å². The molecule has 0 aromatic carbocycles. The zero-order chi connectivity index (χ0) is 13.2. The average molecular weight is 262 g/mol. The molecule has 2 aliphatic rings. The van der Waals surface area contributed by atoms with Gasteiger partial charge in [0.2, 0.25) is 5.91 Å². The quantitative estimate of drug-likeness (QED) is 0.874. The summed E-state index contributed by atoms with van der Waals surface area (Å²) in [6, 6.07) is 2.45. The summed E-state index contributed by atoms with van der Waals surface area (Å²) in [5, 5.41) is 10.9. The molecule has 1 amide bonds. The third kappa shape index (κ3) is 2.66. The fourth-order valence-corrected chi connectivity index (χ4v) is 3.14. The Balaban J connectivity index is 1.74. The van der Waals surface area contributed by atoms with E-state index in [4.69, 9.17) is 0 Å². The Morgan fingerprint density at radius 3 is 2.89 bits per heavy atom. The van der Waals surface area contributed by atoms with E-state index in [-0.39, 0.29) is 11.8 Å². The van der Waals surface area contributed by atoms with Crippen molar-refractivity contribution in [3.05, 3.63) is 11.8 Å². The smallest absolute Gasteiger partial charge is 0.229 e. The lowest BCUT2D eigenvalue weighted by atomic mass is 10.1. The second-order valence-corrected chi connectivity index (χ2v) is 5.73. The SMILES string of the molecule is Cc1cc(NC(=O)C2CCNC2)n(C2CCCC2)n1. The van der Waals surface area contributed by atoms with Crippen LogP contribution >= 0.6 is 0 Å². The molecular weight excluding hydrogens is 240 g/mol. The molecular formula is C14H22N4O. The van der Waals surface area contributed by atoms with Crippen LogP contribution in [0.25, 0.3) is 0 Å². The number of aryl methyl sites for hydroxylation is 1. The van der Waals surface area contributed by atoms with Crippen LogP contribution < -0.4 is 10.6 Å². The molecule has 1 aromatic heterocycles. The lowest BCUT2D eigenvalue weighted by molar-refractivity contribution is -0.119. The van der Waals surface area contributed by atoms with Crippen molar-refractivity contribution in [1.82, 2.24) is 15.1 Å². The standard InChI is InChI=1S/C14H22N4O/c1-10-8-13(16-14(19)11-6-7-15-9-11)18(17-10)12-4-2-3-5-12/h8,11-12,15H,2-7,9H2,1H3,(H,16,19). The van der Waals surface area contributed by atoms with E-state index in [1.165, 1.54) is 25.7 Å². The van der Waals surface area contributed by atoms with Gasteiger partial charge in [-0.15, -0.1) is 0 Å². The number of hydrogen-bond donors (Lipinski definition) is 2. The molecule has 1 aliphatic heterocycles. The average Bonchev–Trinajstić information content (AvgIpc) is 3.09. The predicted molar refractivity (Wildman–Crippen MR) is 74.1 cm³/mol. The van der Waals surface area contributed by atoms with E-state index in [9.17, 15) is 4.79 Å². The van der Waals surface area contributed by atoms with Gasteiger partial charge >= 0.3 is 0 Å². The van der Waals surface area contributed by atoms with Crippen LogP contribution in [0.4, 0.5) is 5.82 Å². The van der Waals surface area contributed by atoms with Gasteiger partial charge in [-0.05, 0) is 32.7 Å². The number of anilines is 1. The van der Waals surface area contributed by atoms with Crippen LogP contribution in [-0.4, -0.2) is 28.8 Å². The summed E-state index contributed by atoms with van der Waals surface area (Å²) in [4.78, 5) is 12.2. The van der Waals surface area contributed by atoms with Crippen molar-refractivity contribution in [3.63, 3.8) is 0 Å². The maximum Gasteiger partial charge on any atom is 0.229 e. The Bertz CT molecular complexity index is 456. The van der Waals surface area contributed by atoms with Crippen molar-refractivity contribution in [2.75, 3.05) is 18.4 Å². The largest absolute Gasteiger partial charge is 0.316 e. The molecule has 1 saturated heterocycles. The first-order chi connectivity index (χ1) is 9.24. The van der Waals surface area contributed by atoms with E-state index < -0.39 is 0 Å². The van der Waals surface area contributed by atoms with Gasteiger partial charge in [0.05, 0.1) is 17.7 Å². The minimum Gasteiger partial charge on any atom is -0.316 e. The molecule has 2 fully saturated rings. The highest BCUT2D eigenvalue weighted by atomic mass is 16.2. The van der Waals surface area contributed by atoms with E-state index in [1.54, 1.807) is 0 Å². The normalized spacial score (nSPS) is 23.9. The van der Waals surface area contributed by atoms with Crippen LogP contribution in [-0.2, 0) is 4.79 Å². The maximum absolute atomic E-state index is 12.2. The Morgan fingerprint density at radius 1 is 1.42 bits per heavy atom. The second-order valence-electron chi connectivity index (χ2n) is 5.73. The van der Waals surface area contributed by atoms with Crippen LogP contribution in [0.1, 0.15) is 43.8 Å². The Hall–Kier alpha value is -1.36. The van der Waals surface area contributed by atoms with Gasteiger partial charge in [-0.3, -0.25) is 4.79 Å². The molecule has 5 heteroatoms. The fraction of sp³-hybridized carbons (Fsp3) is 0.714. The topological polar surface area (TPSA) is 59.0 Å². The van der Waals surface area contributed by atoms with Crippen molar-refractivity contribution >= 4 is 11.7 Å². The molecule has 1 aliphatic carbocycles. The highest BCUT2D eigenvalue weighted by Gasteiger charge is 2.25. The molecule has 3 rings (SSSR count). The van der Waals surface area contributed by atoms with Gasteiger partial charge < -0.3 is 10.6 Å². The van der Waals surface area contributed by atoms with Crippen molar-refractivity contribution in [3.8, 4) is 0 Å². The second kappa shape index (κ2) is 5.33. The van der Waals surface area contributed by atoms with Crippen molar-refractivity contribution in [1.29, 1.82) is 0 Å². The summed E-state index contributed by atoms with van der Waals surface area (Å²) in [5.41, 5.74) is 0.978. The van der Waals surface area contributed by atoms with Crippen LogP contribution in [0.3, 0.4) is 0 Å². The Kier molecular flexibility index (Phi) is 3.55. The van der Waals surface area contributed by atoms with Gasteiger partial charge in [-0.25, -0.2) is 4.68 Å².